The third kappa shape index (κ3) is 4.68. The van der Waals surface area contributed by atoms with E-state index in [1.54, 1.807) is 30.3 Å². The van der Waals surface area contributed by atoms with Crippen molar-refractivity contribution in [3.05, 3.63) is 65.5 Å². The lowest BCUT2D eigenvalue weighted by Crippen LogP contribution is -2.13. The lowest BCUT2D eigenvalue weighted by atomic mass is 10.1. The number of hydrogen-bond acceptors (Lipinski definition) is 3. The molecule has 23 heavy (non-hydrogen) atoms. The highest BCUT2D eigenvalue weighted by Crippen LogP contribution is 2.18. The number of nitriles is 1. The first-order valence-corrected chi connectivity index (χ1v) is 7.04. The van der Waals surface area contributed by atoms with Crippen LogP contribution in [0.25, 0.3) is 6.08 Å². The molecule has 4 nitrogen and oxygen atoms in total. The highest BCUT2D eigenvalue weighted by atomic mass is 19.1. The van der Waals surface area contributed by atoms with Crippen molar-refractivity contribution in [3.8, 4) is 11.8 Å². The van der Waals surface area contributed by atoms with Gasteiger partial charge < -0.3 is 10.1 Å². The van der Waals surface area contributed by atoms with Crippen LogP contribution >= 0.6 is 0 Å². The van der Waals surface area contributed by atoms with E-state index in [1.807, 2.05) is 13.0 Å². The zero-order valence-electron chi connectivity index (χ0n) is 12.5. The summed E-state index contributed by atoms with van der Waals surface area (Å²) in [5.74, 6) is -0.371. The Morgan fingerprint density at radius 3 is 2.78 bits per heavy atom. The fourth-order valence-electron chi connectivity index (χ4n) is 1.94. The molecule has 0 atom stereocenters. The van der Waals surface area contributed by atoms with Crippen molar-refractivity contribution in [2.75, 3.05) is 11.9 Å². The zero-order valence-corrected chi connectivity index (χ0v) is 12.5. The van der Waals surface area contributed by atoms with Gasteiger partial charge in [0.25, 0.3) is 5.91 Å². The molecule has 5 heteroatoms. The molecule has 0 bridgehead atoms. The van der Waals surface area contributed by atoms with Crippen molar-refractivity contribution in [3.63, 3.8) is 0 Å². The number of carbonyl (C=O) groups is 1. The number of benzene rings is 2. The third-order valence-electron chi connectivity index (χ3n) is 2.93. The molecule has 2 aromatic rings. The maximum Gasteiger partial charge on any atom is 0.266 e. The summed E-state index contributed by atoms with van der Waals surface area (Å²) < 4.78 is 18.5. The predicted octanol–water partition coefficient (Wildman–Crippen LogP) is 3.77. The number of carbonyl (C=O) groups excluding carboxylic acids is 1. The van der Waals surface area contributed by atoms with Crippen molar-refractivity contribution >= 4 is 17.7 Å². The zero-order chi connectivity index (χ0) is 16.7. The summed E-state index contributed by atoms with van der Waals surface area (Å²) in [6.07, 6.45) is 1.34. The standard InChI is InChI=1S/C18H15FN2O2/c1-2-23-17-8-4-7-16(11-17)21-18(22)14(12-20)9-13-5-3-6-15(19)10-13/h3-11H,2H2,1H3,(H,21,22)/b14-9-. The fourth-order valence-corrected chi connectivity index (χ4v) is 1.94. The summed E-state index contributed by atoms with van der Waals surface area (Å²) >= 11 is 0. The van der Waals surface area contributed by atoms with Gasteiger partial charge in [0.15, 0.2) is 0 Å². The average molecular weight is 310 g/mol. The molecule has 0 saturated heterocycles. The van der Waals surface area contributed by atoms with Crippen LogP contribution in [0.4, 0.5) is 10.1 Å². The van der Waals surface area contributed by atoms with Gasteiger partial charge in [0.2, 0.25) is 0 Å². The van der Waals surface area contributed by atoms with E-state index in [4.69, 9.17) is 10.00 Å². The van der Waals surface area contributed by atoms with Crippen LogP contribution in [0.5, 0.6) is 5.75 Å². The molecule has 0 aliphatic rings. The molecule has 0 radical (unpaired) electrons. The van der Waals surface area contributed by atoms with Crippen LogP contribution < -0.4 is 10.1 Å². The van der Waals surface area contributed by atoms with Gasteiger partial charge in [-0.15, -0.1) is 0 Å². The Bertz CT molecular complexity index is 779. The lowest BCUT2D eigenvalue weighted by Gasteiger charge is -2.07. The maximum absolute atomic E-state index is 13.2. The second-order valence-corrected chi connectivity index (χ2v) is 4.64. The number of amides is 1. The number of nitrogens with one attached hydrogen (secondary N) is 1. The molecule has 0 unspecified atom stereocenters. The molecular weight excluding hydrogens is 295 g/mol. The first-order chi connectivity index (χ1) is 11.1. The predicted molar refractivity (Wildman–Crippen MR) is 86.2 cm³/mol. The van der Waals surface area contributed by atoms with Crippen molar-refractivity contribution in [1.29, 1.82) is 5.26 Å². The molecule has 0 saturated carbocycles. The second-order valence-electron chi connectivity index (χ2n) is 4.64. The van der Waals surface area contributed by atoms with Crippen LogP contribution in [0.3, 0.4) is 0 Å². The molecule has 0 aliphatic carbocycles. The molecule has 2 aromatic carbocycles. The van der Waals surface area contributed by atoms with E-state index < -0.39 is 11.7 Å². The summed E-state index contributed by atoms with van der Waals surface area (Å²) in [6, 6.07) is 14.4. The van der Waals surface area contributed by atoms with Gasteiger partial charge >= 0.3 is 0 Å². The minimum atomic E-state index is -0.564. The van der Waals surface area contributed by atoms with Crippen molar-refractivity contribution < 1.29 is 13.9 Å². The Balaban J connectivity index is 2.18. The van der Waals surface area contributed by atoms with Gasteiger partial charge in [0.05, 0.1) is 6.61 Å². The first-order valence-electron chi connectivity index (χ1n) is 7.04. The third-order valence-corrected chi connectivity index (χ3v) is 2.93. The van der Waals surface area contributed by atoms with Crippen LogP contribution in [0.1, 0.15) is 12.5 Å². The molecule has 116 valence electrons. The van der Waals surface area contributed by atoms with E-state index in [0.717, 1.165) is 0 Å². The molecule has 0 heterocycles. The quantitative estimate of drug-likeness (QED) is 0.675. The van der Waals surface area contributed by atoms with Gasteiger partial charge in [-0.3, -0.25) is 4.79 Å². The van der Waals surface area contributed by atoms with Crippen LogP contribution in [0.2, 0.25) is 0 Å². The summed E-state index contributed by atoms with van der Waals surface area (Å²) in [5.41, 5.74) is 0.846. The number of rotatable bonds is 5. The molecule has 0 aliphatic heterocycles. The Kier molecular flexibility index (Phi) is 5.48. The fraction of sp³-hybridized carbons (Fsp3) is 0.111. The smallest absolute Gasteiger partial charge is 0.266 e. The lowest BCUT2D eigenvalue weighted by molar-refractivity contribution is -0.112. The van der Waals surface area contributed by atoms with Gasteiger partial charge in [-0.2, -0.15) is 5.26 Å². The van der Waals surface area contributed by atoms with Gasteiger partial charge in [-0.25, -0.2) is 4.39 Å². The molecule has 0 fully saturated rings. The Morgan fingerprint density at radius 2 is 2.09 bits per heavy atom. The number of nitrogens with zero attached hydrogens (tertiary/aromatic N) is 1. The summed E-state index contributed by atoms with van der Waals surface area (Å²) in [7, 11) is 0. The van der Waals surface area contributed by atoms with E-state index in [1.165, 1.54) is 24.3 Å². The minimum Gasteiger partial charge on any atom is -0.494 e. The van der Waals surface area contributed by atoms with E-state index in [2.05, 4.69) is 5.32 Å². The number of ether oxygens (including phenoxy) is 1. The number of anilines is 1. The molecule has 0 spiro atoms. The molecule has 2 rings (SSSR count). The van der Waals surface area contributed by atoms with E-state index in [9.17, 15) is 9.18 Å². The van der Waals surface area contributed by atoms with Crippen LogP contribution in [0, 0.1) is 17.1 Å². The van der Waals surface area contributed by atoms with Gasteiger partial charge in [-0.05, 0) is 42.8 Å². The SMILES string of the molecule is CCOc1cccc(NC(=O)/C(C#N)=C\c2cccc(F)c2)c1. The average Bonchev–Trinajstić information content (AvgIpc) is 2.53. The molecular formula is C18H15FN2O2. The monoisotopic (exact) mass is 310 g/mol. The van der Waals surface area contributed by atoms with Gasteiger partial charge in [0, 0.05) is 11.8 Å². The normalized spacial score (nSPS) is 10.7. The minimum absolute atomic E-state index is 0.114. The van der Waals surface area contributed by atoms with Crippen molar-refractivity contribution in [1.82, 2.24) is 0 Å². The first kappa shape index (κ1) is 16.2. The highest BCUT2D eigenvalue weighted by molar-refractivity contribution is 6.09. The molecule has 1 N–H and O–H groups in total. The topological polar surface area (TPSA) is 62.1 Å². The summed E-state index contributed by atoms with van der Waals surface area (Å²) in [6.45, 7) is 2.38. The Labute approximate surface area is 133 Å². The Morgan fingerprint density at radius 1 is 1.30 bits per heavy atom. The number of hydrogen-bond donors (Lipinski definition) is 1. The summed E-state index contributed by atoms with van der Waals surface area (Å²) in [5, 5.41) is 11.8. The van der Waals surface area contributed by atoms with Crippen molar-refractivity contribution in [2.45, 2.75) is 6.92 Å². The highest BCUT2D eigenvalue weighted by Gasteiger charge is 2.10. The Hall–Kier alpha value is -3.13. The van der Waals surface area contributed by atoms with Gasteiger partial charge in [-0.1, -0.05) is 18.2 Å². The van der Waals surface area contributed by atoms with Crippen LogP contribution in [0.15, 0.2) is 54.1 Å². The number of halogens is 1. The van der Waals surface area contributed by atoms with Crippen molar-refractivity contribution in [2.24, 2.45) is 0 Å². The maximum atomic E-state index is 13.2. The van der Waals surface area contributed by atoms with E-state index in [-0.39, 0.29) is 5.57 Å². The largest absolute Gasteiger partial charge is 0.494 e. The van der Waals surface area contributed by atoms with Crippen LogP contribution in [-0.2, 0) is 4.79 Å². The van der Waals surface area contributed by atoms with E-state index >= 15 is 0 Å². The molecule has 1 amide bonds. The summed E-state index contributed by atoms with van der Waals surface area (Å²) in [4.78, 5) is 12.2. The van der Waals surface area contributed by atoms with Crippen LogP contribution in [-0.4, -0.2) is 12.5 Å². The molecule has 0 aromatic heterocycles. The second kappa shape index (κ2) is 7.76. The van der Waals surface area contributed by atoms with Gasteiger partial charge in [0.1, 0.15) is 23.2 Å². The van der Waals surface area contributed by atoms with E-state index in [0.29, 0.717) is 23.6 Å².